The first kappa shape index (κ1) is 11.8. The van der Waals surface area contributed by atoms with Crippen LogP contribution >= 0.6 is 11.6 Å². The number of alkyl halides is 3. The molecule has 0 saturated carbocycles. The molecule has 0 aliphatic rings. The monoisotopic (exact) mass is 239 g/mol. The molecule has 0 heterocycles. The molecular formula is C9H7ClF3O2+. The Labute approximate surface area is 88.3 Å². The predicted octanol–water partition coefficient (Wildman–Crippen LogP) is 2.96. The summed E-state index contributed by atoms with van der Waals surface area (Å²) < 4.78 is 36.8. The van der Waals surface area contributed by atoms with E-state index in [2.05, 4.69) is 0 Å². The number of carboxylic acids is 1. The van der Waals surface area contributed by atoms with Gasteiger partial charge in [-0.15, -0.1) is 0 Å². The number of hydrogen-bond donors (Lipinski definition) is 1. The molecule has 0 unspecified atom stereocenters. The van der Waals surface area contributed by atoms with Crippen LogP contribution in [0.15, 0.2) is 18.2 Å². The topological polar surface area (TPSA) is 41.6 Å². The highest BCUT2D eigenvalue weighted by molar-refractivity contribution is 6.31. The molecule has 1 rings (SSSR count). The minimum absolute atomic E-state index is 0.238. The molecule has 0 amide bonds. The van der Waals surface area contributed by atoms with Gasteiger partial charge in [0.25, 0.3) is 0 Å². The average molecular weight is 240 g/mol. The molecule has 1 aromatic carbocycles. The van der Waals surface area contributed by atoms with Gasteiger partial charge in [-0.25, -0.2) is 0 Å². The Morgan fingerprint density at radius 1 is 1.40 bits per heavy atom. The van der Waals surface area contributed by atoms with E-state index in [0.717, 1.165) is 18.2 Å². The molecule has 82 valence electrons. The van der Waals surface area contributed by atoms with E-state index >= 15 is 0 Å². The van der Waals surface area contributed by atoms with Crippen LogP contribution in [0.3, 0.4) is 0 Å². The van der Waals surface area contributed by atoms with E-state index in [0.29, 0.717) is 5.56 Å². The van der Waals surface area contributed by atoms with Crippen molar-refractivity contribution >= 4 is 17.6 Å². The number of rotatable bonds is 2. The van der Waals surface area contributed by atoms with Crippen LogP contribution in [0.2, 0.25) is 5.02 Å². The van der Waals surface area contributed by atoms with Crippen LogP contribution in [-0.4, -0.2) is 15.9 Å². The third-order valence-electron chi connectivity index (χ3n) is 1.70. The van der Waals surface area contributed by atoms with E-state index in [1.165, 1.54) is 0 Å². The van der Waals surface area contributed by atoms with Gasteiger partial charge in [0.2, 0.25) is 0 Å². The zero-order valence-electron chi connectivity index (χ0n) is 7.35. The molecule has 0 aliphatic carbocycles. The maximum Gasteiger partial charge on any atom is 0.485 e. The van der Waals surface area contributed by atoms with Gasteiger partial charge in [0.05, 0.1) is 10.6 Å². The summed E-state index contributed by atoms with van der Waals surface area (Å²) in [7, 11) is 0. The second-order valence-electron chi connectivity index (χ2n) is 2.90. The number of aliphatic hydroxyl groups excluding tert-OH is 1. The van der Waals surface area contributed by atoms with Crippen molar-refractivity contribution in [3.8, 4) is 0 Å². The van der Waals surface area contributed by atoms with E-state index in [1.807, 2.05) is 0 Å². The molecule has 0 fully saturated rings. The van der Waals surface area contributed by atoms with Crippen LogP contribution in [0.1, 0.15) is 11.1 Å². The van der Waals surface area contributed by atoms with Crippen molar-refractivity contribution in [3.63, 3.8) is 0 Å². The predicted molar refractivity (Wildman–Crippen MR) is 49.7 cm³/mol. The molecule has 0 radical (unpaired) electrons. The third-order valence-corrected chi connectivity index (χ3v) is 2.01. The van der Waals surface area contributed by atoms with Crippen LogP contribution < -0.4 is 0 Å². The molecule has 15 heavy (non-hydrogen) atoms. The summed E-state index contributed by atoms with van der Waals surface area (Å²) in [6.45, 7) is 0. The molecule has 0 aliphatic heterocycles. The van der Waals surface area contributed by atoms with Crippen LogP contribution in [-0.2, 0) is 12.6 Å². The minimum Gasteiger partial charge on any atom is -0.339 e. The Morgan fingerprint density at radius 2 is 2.00 bits per heavy atom. The van der Waals surface area contributed by atoms with Gasteiger partial charge in [-0.1, -0.05) is 17.7 Å². The number of halogens is 4. The van der Waals surface area contributed by atoms with Crippen LogP contribution in [0, 0.1) is 0 Å². The molecule has 6 heteroatoms. The van der Waals surface area contributed by atoms with E-state index in [4.69, 9.17) is 21.5 Å². The molecule has 0 aromatic heterocycles. The summed E-state index contributed by atoms with van der Waals surface area (Å²) in [6.07, 6.45) is -4.74. The summed E-state index contributed by atoms with van der Waals surface area (Å²) in [5.41, 5.74) is -0.640. The van der Waals surface area contributed by atoms with Crippen molar-refractivity contribution in [2.75, 3.05) is 0 Å². The molecule has 2 N–H and O–H groups in total. The van der Waals surface area contributed by atoms with Gasteiger partial charge >= 0.3 is 12.1 Å². The first-order chi connectivity index (χ1) is 6.80. The maximum absolute atomic E-state index is 12.3. The summed E-state index contributed by atoms with van der Waals surface area (Å²) in [5.74, 6) is -0.870. The summed E-state index contributed by atoms with van der Waals surface area (Å²) in [4.78, 5) is 8.53. The molecule has 2 nitrogen and oxygen atoms in total. The van der Waals surface area contributed by atoms with Crippen molar-refractivity contribution < 1.29 is 23.1 Å². The molecule has 0 bridgehead atoms. The lowest BCUT2D eigenvalue weighted by Crippen LogP contribution is -2.07. The summed E-state index contributed by atoms with van der Waals surface area (Å²) in [5, 5.41) is 8.08. The van der Waals surface area contributed by atoms with Crippen molar-refractivity contribution in [2.45, 2.75) is 12.6 Å². The average Bonchev–Trinajstić information content (AvgIpc) is 1.99. The molecular weight excluding hydrogens is 233 g/mol. The summed E-state index contributed by atoms with van der Waals surface area (Å²) >= 11 is 5.40. The normalized spacial score (nSPS) is 11.5. The maximum atomic E-state index is 12.3. The van der Waals surface area contributed by atoms with Gasteiger partial charge < -0.3 is 9.90 Å². The highest BCUT2D eigenvalue weighted by atomic mass is 35.5. The first-order valence-electron chi connectivity index (χ1n) is 3.90. The Hall–Kier alpha value is -1.23. The Balaban J connectivity index is 3.04. The van der Waals surface area contributed by atoms with Gasteiger partial charge in [0, 0.05) is 0 Å². The quantitative estimate of drug-likeness (QED) is 0.792. The van der Waals surface area contributed by atoms with Gasteiger partial charge in [-0.3, -0.25) is 0 Å². The fourth-order valence-corrected chi connectivity index (χ4v) is 1.39. The standard InChI is InChI=1S/C9H6ClF3O2/c10-7-3-5(4-8(14)15)1-2-6(7)9(11,12)13/h1-3H,4H2,(H,14,15)/p+1. The largest absolute Gasteiger partial charge is 0.485 e. The fraction of sp³-hybridized carbons (Fsp3) is 0.222. The van der Waals surface area contributed by atoms with Crippen LogP contribution in [0.25, 0.3) is 0 Å². The second kappa shape index (κ2) is 4.10. The number of hydrogen-bond acceptors (Lipinski definition) is 0. The van der Waals surface area contributed by atoms with Crippen molar-refractivity contribution in [3.05, 3.63) is 34.3 Å². The van der Waals surface area contributed by atoms with Crippen molar-refractivity contribution in [1.82, 2.24) is 0 Å². The highest BCUT2D eigenvalue weighted by Gasteiger charge is 2.33. The van der Waals surface area contributed by atoms with E-state index < -0.39 is 22.7 Å². The number of aliphatic carboxylic acids is 1. The highest BCUT2D eigenvalue weighted by Crippen LogP contribution is 2.34. The Kier molecular flexibility index (Phi) is 3.24. The fourth-order valence-electron chi connectivity index (χ4n) is 1.08. The molecule has 1 aromatic rings. The van der Waals surface area contributed by atoms with Crippen LogP contribution in [0.4, 0.5) is 13.2 Å². The molecule has 0 spiro atoms. The third kappa shape index (κ3) is 3.13. The second-order valence-corrected chi connectivity index (χ2v) is 3.31. The Bertz CT molecular complexity index is 387. The Morgan fingerprint density at radius 3 is 2.40 bits per heavy atom. The van der Waals surface area contributed by atoms with E-state index in [-0.39, 0.29) is 6.42 Å². The smallest absolute Gasteiger partial charge is 0.339 e. The lowest BCUT2D eigenvalue weighted by molar-refractivity contribution is -0.137. The zero-order valence-corrected chi connectivity index (χ0v) is 8.10. The number of benzene rings is 1. The van der Waals surface area contributed by atoms with Gasteiger partial charge in [0.15, 0.2) is 0 Å². The minimum atomic E-state index is -4.50. The van der Waals surface area contributed by atoms with Crippen molar-refractivity contribution in [2.24, 2.45) is 0 Å². The molecule has 0 atom stereocenters. The SMILES string of the molecule is OC(=[OH+])Cc1ccc(C(F)(F)F)c(Cl)c1. The van der Waals surface area contributed by atoms with E-state index in [9.17, 15) is 13.2 Å². The number of carboxylic acid groups (broad SMARTS) is 1. The van der Waals surface area contributed by atoms with Gasteiger partial charge in [-0.2, -0.15) is 13.2 Å². The van der Waals surface area contributed by atoms with Gasteiger partial charge in [-0.05, 0) is 17.7 Å². The zero-order chi connectivity index (χ0) is 11.6. The van der Waals surface area contributed by atoms with Gasteiger partial charge in [0.1, 0.15) is 6.42 Å². The van der Waals surface area contributed by atoms with Crippen LogP contribution in [0.5, 0.6) is 0 Å². The summed E-state index contributed by atoms with van der Waals surface area (Å²) in [6, 6.07) is 3.00. The van der Waals surface area contributed by atoms with E-state index in [1.54, 1.807) is 0 Å². The first-order valence-corrected chi connectivity index (χ1v) is 4.28. The lowest BCUT2D eigenvalue weighted by atomic mass is 10.1. The molecule has 0 saturated heterocycles. The lowest BCUT2D eigenvalue weighted by Gasteiger charge is -2.08. The van der Waals surface area contributed by atoms with Crippen molar-refractivity contribution in [1.29, 1.82) is 0 Å².